The molecule has 0 radical (unpaired) electrons. The first-order chi connectivity index (χ1) is 9.18. The number of fused-ring (bicyclic) bond motifs is 1. The standard InChI is InChI=1S/C16H18O3/c17-15(10-3-4-11-16(18)19)14-9-5-7-12-6-1-2-8-13(12)14/h1-2,5-9,15,17H,3-4,10-11H2,(H,18,19). The lowest BCUT2D eigenvalue weighted by Crippen LogP contribution is -2.00. The zero-order valence-electron chi connectivity index (χ0n) is 10.7. The molecule has 2 rings (SSSR count). The summed E-state index contributed by atoms with van der Waals surface area (Å²) in [5.74, 6) is -0.778. The van der Waals surface area contributed by atoms with Crippen molar-refractivity contribution in [3.8, 4) is 0 Å². The van der Waals surface area contributed by atoms with Gasteiger partial charge in [0.2, 0.25) is 0 Å². The van der Waals surface area contributed by atoms with Crippen LogP contribution in [0, 0.1) is 0 Å². The van der Waals surface area contributed by atoms with Crippen LogP contribution in [0.5, 0.6) is 0 Å². The molecule has 100 valence electrons. The van der Waals surface area contributed by atoms with Crippen molar-refractivity contribution in [1.29, 1.82) is 0 Å². The number of carboxylic acid groups (broad SMARTS) is 1. The van der Waals surface area contributed by atoms with Crippen LogP contribution >= 0.6 is 0 Å². The van der Waals surface area contributed by atoms with E-state index in [9.17, 15) is 9.90 Å². The Morgan fingerprint density at radius 3 is 2.58 bits per heavy atom. The van der Waals surface area contributed by atoms with Gasteiger partial charge in [-0.05, 0) is 35.6 Å². The SMILES string of the molecule is O=C(O)CCCCC(O)c1cccc2ccccc12. The molecule has 1 unspecified atom stereocenters. The van der Waals surface area contributed by atoms with Crippen molar-refractivity contribution < 1.29 is 15.0 Å². The minimum atomic E-state index is -0.778. The Kier molecular flexibility index (Phi) is 4.53. The smallest absolute Gasteiger partial charge is 0.303 e. The Balaban J connectivity index is 2.05. The maximum Gasteiger partial charge on any atom is 0.303 e. The molecule has 0 saturated carbocycles. The molecule has 0 fully saturated rings. The molecule has 0 aliphatic heterocycles. The Morgan fingerprint density at radius 2 is 1.79 bits per heavy atom. The van der Waals surface area contributed by atoms with E-state index in [1.807, 2.05) is 42.5 Å². The third kappa shape index (κ3) is 3.55. The molecule has 0 bridgehead atoms. The lowest BCUT2D eigenvalue weighted by atomic mass is 9.97. The maximum absolute atomic E-state index is 10.4. The van der Waals surface area contributed by atoms with Crippen LogP contribution in [0.2, 0.25) is 0 Å². The quantitative estimate of drug-likeness (QED) is 0.779. The maximum atomic E-state index is 10.4. The molecule has 0 spiro atoms. The molecule has 1 atom stereocenters. The molecule has 3 heteroatoms. The van der Waals surface area contributed by atoms with Crippen molar-refractivity contribution in [2.24, 2.45) is 0 Å². The predicted molar refractivity (Wildman–Crippen MR) is 75.0 cm³/mol. The van der Waals surface area contributed by atoms with Gasteiger partial charge in [0.25, 0.3) is 0 Å². The third-order valence-corrected chi connectivity index (χ3v) is 3.30. The highest BCUT2D eigenvalue weighted by Crippen LogP contribution is 2.27. The number of hydrogen-bond acceptors (Lipinski definition) is 2. The summed E-state index contributed by atoms with van der Waals surface area (Å²) in [6.45, 7) is 0. The van der Waals surface area contributed by atoms with Crippen LogP contribution in [0.1, 0.15) is 37.4 Å². The van der Waals surface area contributed by atoms with Crippen molar-refractivity contribution in [3.63, 3.8) is 0 Å². The Morgan fingerprint density at radius 1 is 1.05 bits per heavy atom. The lowest BCUT2D eigenvalue weighted by molar-refractivity contribution is -0.137. The molecule has 3 nitrogen and oxygen atoms in total. The summed E-state index contributed by atoms with van der Waals surface area (Å²) in [6.07, 6.45) is 1.57. The van der Waals surface area contributed by atoms with E-state index in [-0.39, 0.29) is 6.42 Å². The van der Waals surface area contributed by atoms with Gasteiger partial charge in [0.05, 0.1) is 6.10 Å². The van der Waals surface area contributed by atoms with Gasteiger partial charge in [-0.3, -0.25) is 4.79 Å². The van der Waals surface area contributed by atoms with Gasteiger partial charge in [0.15, 0.2) is 0 Å². The highest BCUT2D eigenvalue weighted by molar-refractivity contribution is 5.85. The minimum absolute atomic E-state index is 0.169. The molecule has 0 aromatic heterocycles. The normalized spacial score (nSPS) is 12.5. The number of carboxylic acids is 1. The summed E-state index contributed by atoms with van der Waals surface area (Å²) in [5.41, 5.74) is 0.924. The second kappa shape index (κ2) is 6.34. The average Bonchev–Trinajstić information content (AvgIpc) is 2.42. The molecular formula is C16H18O3. The van der Waals surface area contributed by atoms with Gasteiger partial charge in [-0.15, -0.1) is 0 Å². The lowest BCUT2D eigenvalue weighted by Gasteiger charge is -2.13. The van der Waals surface area contributed by atoms with Crippen molar-refractivity contribution in [3.05, 3.63) is 48.0 Å². The second-order valence-electron chi connectivity index (χ2n) is 4.72. The molecule has 0 saturated heterocycles. The highest BCUT2D eigenvalue weighted by atomic mass is 16.4. The van der Waals surface area contributed by atoms with Gasteiger partial charge in [-0.1, -0.05) is 42.5 Å². The van der Waals surface area contributed by atoms with Gasteiger partial charge in [-0.25, -0.2) is 0 Å². The van der Waals surface area contributed by atoms with E-state index in [0.717, 1.165) is 22.8 Å². The number of benzene rings is 2. The van der Waals surface area contributed by atoms with E-state index < -0.39 is 12.1 Å². The molecule has 0 aliphatic carbocycles. The van der Waals surface area contributed by atoms with E-state index in [1.54, 1.807) is 0 Å². The monoisotopic (exact) mass is 258 g/mol. The first kappa shape index (κ1) is 13.6. The van der Waals surface area contributed by atoms with Crippen molar-refractivity contribution in [2.45, 2.75) is 31.8 Å². The van der Waals surface area contributed by atoms with Crippen LogP contribution in [0.15, 0.2) is 42.5 Å². The van der Waals surface area contributed by atoms with Gasteiger partial charge in [-0.2, -0.15) is 0 Å². The van der Waals surface area contributed by atoms with Crippen LogP contribution in [0.3, 0.4) is 0 Å². The summed E-state index contributed by atoms with van der Waals surface area (Å²) in [7, 11) is 0. The zero-order chi connectivity index (χ0) is 13.7. The van der Waals surface area contributed by atoms with E-state index >= 15 is 0 Å². The van der Waals surface area contributed by atoms with Gasteiger partial charge >= 0.3 is 5.97 Å². The number of rotatable bonds is 6. The summed E-state index contributed by atoms with van der Waals surface area (Å²) in [5, 5.41) is 21.0. The van der Waals surface area contributed by atoms with Crippen LogP contribution in [-0.4, -0.2) is 16.2 Å². The number of unbranched alkanes of at least 4 members (excludes halogenated alkanes) is 1. The molecule has 2 N–H and O–H groups in total. The molecule has 0 heterocycles. The summed E-state index contributed by atoms with van der Waals surface area (Å²) in [6, 6.07) is 13.9. The molecular weight excluding hydrogens is 240 g/mol. The molecule has 0 amide bonds. The second-order valence-corrected chi connectivity index (χ2v) is 4.72. The fourth-order valence-electron chi connectivity index (χ4n) is 2.31. The average molecular weight is 258 g/mol. The third-order valence-electron chi connectivity index (χ3n) is 3.30. The van der Waals surface area contributed by atoms with Crippen LogP contribution in [-0.2, 0) is 4.79 Å². The number of hydrogen-bond donors (Lipinski definition) is 2. The van der Waals surface area contributed by atoms with Gasteiger partial charge in [0, 0.05) is 6.42 Å². The highest BCUT2D eigenvalue weighted by Gasteiger charge is 2.10. The van der Waals surface area contributed by atoms with Crippen molar-refractivity contribution in [2.75, 3.05) is 0 Å². The van der Waals surface area contributed by atoms with Gasteiger partial charge < -0.3 is 10.2 Å². The number of carbonyl (C=O) groups is 1. The summed E-state index contributed by atoms with van der Waals surface area (Å²) in [4.78, 5) is 10.4. The van der Waals surface area contributed by atoms with E-state index in [0.29, 0.717) is 12.8 Å². The molecule has 2 aromatic carbocycles. The Hall–Kier alpha value is -1.87. The predicted octanol–water partition coefficient (Wildman–Crippen LogP) is 3.52. The van der Waals surface area contributed by atoms with Crippen LogP contribution in [0.25, 0.3) is 10.8 Å². The Bertz CT molecular complexity index is 557. The fourth-order valence-corrected chi connectivity index (χ4v) is 2.31. The van der Waals surface area contributed by atoms with E-state index in [2.05, 4.69) is 0 Å². The topological polar surface area (TPSA) is 57.5 Å². The summed E-state index contributed by atoms with van der Waals surface area (Å²) < 4.78 is 0. The molecule has 19 heavy (non-hydrogen) atoms. The van der Waals surface area contributed by atoms with Crippen LogP contribution in [0.4, 0.5) is 0 Å². The number of aliphatic carboxylic acids is 1. The zero-order valence-corrected chi connectivity index (χ0v) is 10.7. The van der Waals surface area contributed by atoms with Gasteiger partial charge in [0.1, 0.15) is 0 Å². The minimum Gasteiger partial charge on any atom is -0.481 e. The van der Waals surface area contributed by atoms with Crippen LogP contribution < -0.4 is 0 Å². The largest absolute Gasteiger partial charge is 0.481 e. The molecule has 0 aliphatic rings. The summed E-state index contributed by atoms with van der Waals surface area (Å²) >= 11 is 0. The van der Waals surface area contributed by atoms with Crippen molar-refractivity contribution >= 4 is 16.7 Å². The first-order valence-corrected chi connectivity index (χ1v) is 6.56. The fraction of sp³-hybridized carbons (Fsp3) is 0.312. The Labute approximate surface area is 112 Å². The van der Waals surface area contributed by atoms with E-state index in [4.69, 9.17) is 5.11 Å². The van der Waals surface area contributed by atoms with E-state index in [1.165, 1.54) is 0 Å². The van der Waals surface area contributed by atoms with Crippen molar-refractivity contribution in [1.82, 2.24) is 0 Å². The first-order valence-electron chi connectivity index (χ1n) is 6.56. The number of aliphatic hydroxyl groups is 1. The molecule has 2 aromatic rings. The number of aliphatic hydroxyl groups excluding tert-OH is 1.